The molecule has 0 radical (unpaired) electrons. The van der Waals surface area contributed by atoms with E-state index in [0.29, 0.717) is 6.61 Å². The molecule has 0 aliphatic heterocycles. The molecule has 5 nitrogen and oxygen atoms in total. The van der Waals surface area contributed by atoms with Crippen molar-refractivity contribution in [1.29, 1.82) is 0 Å². The molecule has 1 aliphatic rings. The molecule has 0 aromatic rings. The van der Waals surface area contributed by atoms with Gasteiger partial charge >= 0.3 is 12.1 Å². The third-order valence-corrected chi connectivity index (χ3v) is 3.63. The second-order valence-corrected chi connectivity index (χ2v) is 4.87. The lowest BCUT2D eigenvalue weighted by atomic mass is 9.82. The van der Waals surface area contributed by atoms with Crippen molar-refractivity contribution >= 4 is 12.1 Å². The molecule has 104 valence electrons. The number of ether oxygens (including phenoxy) is 1. The highest BCUT2D eigenvalue weighted by atomic mass is 16.6. The van der Waals surface area contributed by atoms with Crippen LogP contribution in [0, 0.1) is 5.92 Å². The van der Waals surface area contributed by atoms with Crippen molar-refractivity contribution in [1.82, 2.24) is 4.90 Å². The zero-order chi connectivity index (χ0) is 13.5. The first kappa shape index (κ1) is 14.8. The van der Waals surface area contributed by atoms with Gasteiger partial charge in [0.1, 0.15) is 0 Å². The fourth-order valence-electron chi connectivity index (χ4n) is 2.68. The van der Waals surface area contributed by atoms with Crippen molar-refractivity contribution in [3.63, 3.8) is 0 Å². The van der Waals surface area contributed by atoms with Gasteiger partial charge in [-0.25, -0.2) is 4.79 Å². The third-order valence-electron chi connectivity index (χ3n) is 3.63. The Morgan fingerprint density at radius 2 is 1.94 bits per heavy atom. The number of aliphatic carboxylic acids is 1. The maximum Gasteiger partial charge on any atom is 0.409 e. The van der Waals surface area contributed by atoms with Gasteiger partial charge in [-0.1, -0.05) is 19.3 Å². The summed E-state index contributed by atoms with van der Waals surface area (Å²) in [6.07, 6.45) is 5.03. The summed E-state index contributed by atoms with van der Waals surface area (Å²) < 4.78 is 4.95. The molecular formula is C13H23NO4. The van der Waals surface area contributed by atoms with Crippen molar-refractivity contribution < 1.29 is 19.4 Å². The van der Waals surface area contributed by atoms with E-state index in [-0.39, 0.29) is 18.4 Å². The first-order chi connectivity index (χ1) is 8.56. The summed E-state index contributed by atoms with van der Waals surface area (Å²) in [5, 5.41) is 9.00. The Hall–Kier alpha value is -1.26. The Morgan fingerprint density at radius 3 is 2.44 bits per heavy atom. The van der Waals surface area contributed by atoms with Crippen LogP contribution < -0.4 is 0 Å². The number of carboxylic acid groups (broad SMARTS) is 1. The number of nitrogens with zero attached hydrogens (tertiary/aromatic N) is 1. The molecule has 1 fully saturated rings. The minimum absolute atomic E-state index is 0.0000189. The van der Waals surface area contributed by atoms with E-state index in [1.807, 2.05) is 0 Å². The first-order valence-electron chi connectivity index (χ1n) is 6.67. The smallest absolute Gasteiger partial charge is 0.409 e. The number of carboxylic acids is 1. The Bertz CT molecular complexity index is 287. The van der Waals surface area contributed by atoms with E-state index in [0.717, 1.165) is 25.7 Å². The largest absolute Gasteiger partial charge is 0.481 e. The summed E-state index contributed by atoms with van der Waals surface area (Å²) >= 11 is 0. The van der Waals surface area contributed by atoms with Crippen LogP contribution >= 0.6 is 0 Å². The molecule has 0 aromatic carbocycles. The Balaban J connectivity index is 2.69. The number of amides is 1. The fourth-order valence-corrected chi connectivity index (χ4v) is 2.68. The lowest BCUT2D eigenvalue weighted by Crippen LogP contribution is -2.44. The van der Waals surface area contributed by atoms with Crippen LogP contribution in [0.2, 0.25) is 0 Å². The second kappa shape index (κ2) is 7.24. The van der Waals surface area contributed by atoms with Crippen LogP contribution in [0.4, 0.5) is 4.79 Å². The maximum atomic E-state index is 11.7. The highest BCUT2D eigenvalue weighted by Gasteiger charge is 2.31. The standard InChI is InChI=1S/C13H23NO4/c1-3-18-13(17)14(2)11(9-12(15)16)10-7-5-4-6-8-10/h10-11H,3-9H2,1-2H3,(H,15,16). The van der Waals surface area contributed by atoms with Gasteiger partial charge < -0.3 is 14.7 Å². The van der Waals surface area contributed by atoms with Crippen LogP contribution in [0.25, 0.3) is 0 Å². The van der Waals surface area contributed by atoms with Crippen molar-refractivity contribution in [3.05, 3.63) is 0 Å². The molecule has 1 saturated carbocycles. The molecule has 1 atom stereocenters. The molecule has 0 heterocycles. The van der Waals surface area contributed by atoms with Crippen molar-refractivity contribution in [2.75, 3.05) is 13.7 Å². The summed E-state index contributed by atoms with van der Waals surface area (Å²) in [5.74, 6) is -0.578. The average molecular weight is 257 g/mol. The van der Waals surface area contributed by atoms with Gasteiger partial charge in [-0.15, -0.1) is 0 Å². The number of hydrogen-bond donors (Lipinski definition) is 1. The Labute approximate surface area is 108 Å². The van der Waals surface area contributed by atoms with Crippen LogP contribution in [-0.2, 0) is 9.53 Å². The lowest BCUT2D eigenvalue weighted by molar-refractivity contribution is -0.138. The molecule has 0 aromatic heterocycles. The minimum atomic E-state index is -0.860. The van der Waals surface area contributed by atoms with Gasteiger partial charge in [0.25, 0.3) is 0 Å². The predicted molar refractivity (Wildman–Crippen MR) is 67.4 cm³/mol. The minimum Gasteiger partial charge on any atom is -0.481 e. The number of rotatable bonds is 5. The van der Waals surface area contributed by atoms with Gasteiger partial charge in [-0.2, -0.15) is 0 Å². The monoisotopic (exact) mass is 257 g/mol. The van der Waals surface area contributed by atoms with Crippen LogP contribution in [0.5, 0.6) is 0 Å². The summed E-state index contributed by atoms with van der Waals surface area (Å²) in [4.78, 5) is 24.1. The fraction of sp³-hybridized carbons (Fsp3) is 0.846. The summed E-state index contributed by atoms with van der Waals surface area (Å²) in [7, 11) is 1.64. The predicted octanol–water partition coefficient (Wildman–Crippen LogP) is 2.50. The molecule has 1 rings (SSSR count). The summed E-state index contributed by atoms with van der Waals surface area (Å²) in [5.41, 5.74) is 0. The molecule has 18 heavy (non-hydrogen) atoms. The highest BCUT2D eigenvalue weighted by Crippen LogP contribution is 2.30. The molecule has 0 saturated heterocycles. The maximum absolute atomic E-state index is 11.7. The van der Waals surface area contributed by atoms with E-state index in [9.17, 15) is 9.59 Å². The number of hydrogen-bond acceptors (Lipinski definition) is 3. The molecular weight excluding hydrogens is 234 g/mol. The van der Waals surface area contributed by atoms with E-state index in [2.05, 4.69) is 0 Å². The van der Waals surface area contributed by atoms with Gasteiger partial charge in [0, 0.05) is 13.1 Å². The first-order valence-corrected chi connectivity index (χ1v) is 6.67. The Kier molecular flexibility index (Phi) is 5.95. The number of carbonyl (C=O) groups is 2. The van der Waals surface area contributed by atoms with Gasteiger partial charge in [0.15, 0.2) is 0 Å². The molecule has 0 spiro atoms. The van der Waals surface area contributed by atoms with Crippen LogP contribution in [0.15, 0.2) is 0 Å². The Morgan fingerprint density at radius 1 is 1.33 bits per heavy atom. The summed E-state index contributed by atoms with van der Waals surface area (Å²) in [6, 6.07) is -0.248. The van der Waals surface area contributed by atoms with E-state index < -0.39 is 12.1 Å². The zero-order valence-electron chi connectivity index (χ0n) is 11.2. The van der Waals surface area contributed by atoms with Gasteiger partial charge in [-0.05, 0) is 25.7 Å². The molecule has 1 N–H and O–H groups in total. The number of carbonyl (C=O) groups excluding carboxylic acids is 1. The van der Waals surface area contributed by atoms with Crippen molar-refractivity contribution in [3.8, 4) is 0 Å². The van der Waals surface area contributed by atoms with Crippen molar-refractivity contribution in [2.24, 2.45) is 5.92 Å². The zero-order valence-corrected chi connectivity index (χ0v) is 11.2. The van der Waals surface area contributed by atoms with Crippen LogP contribution in [-0.4, -0.2) is 41.8 Å². The van der Waals surface area contributed by atoms with E-state index in [1.54, 1.807) is 14.0 Å². The molecule has 1 aliphatic carbocycles. The molecule has 5 heteroatoms. The summed E-state index contributed by atoms with van der Waals surface area (Å²) in [6.45, 7) is 2.06. The quantitative estimate of drug-likeness (QED) is 0.821. The third kappa shape index (κ3) is 4.20. The average Bonchev–Trinajstić information content (AvgIpc) is 2.36. The molecule has 0 bridgehead atoms. The van der Waals surface area contributed by atoms with Gasteiger partial charge in [0.05, 0.1) is 13.0 Å². The van der Waals surface area contributed by atoms with Gasteiger partial charge in [-0.3, -0.25) is 4.79 Å². The van der Waals surface area contributed by atoms with Crippen molar-refractivity contribution in [2.45, 2.75) is 51.5 Å². The van der Waals surface area contributed by atoms with Gasteiger partial charge in [0.2, 0.25) is 0 Å². The lowest BCUT2D eigenvalue weighted by Gasteiger charge is -2.35. The highest BCUT2D eigenvalue weighted by molar-refractivity contribution is 5.71. The molecule has 1 unspecified atom stereocenters. The molecule has 1 amide bonds. The topological polar surface area (TPSA) is 66.8 Å². The van der Waals surface area contributed by atoms with Crippen LogP contribution in [0.3, 0.4) is 0 Å². The van der Waals surface area contributed by atoms with E-state index in [1.165, 1.54) is 11.3 Å². The normalized spacial score (nSPS) is 18.1. The van der Waals surface area contributed by atoms with E-state index >= 15 is 0 Å². The van der Waals surface area contributed by atoms with Crippen LogP contribution in [0.1, 0.15) is 45.4 Å². The van der Waals surface area contributed by atoms with E-state index in [4.69, 9.17) is 9.84 Å². The second-order valence-electron chi connectivity index (χ2n) is 4.87. The SMILES string of the molecule is CCOC(=O)N(C)C(CC(=O)O)C1CCCCC1.